The Morgan fingerprint density at radius 1 is 1.32 bits per heavy atom. The first-order valence-corrected chi connectivity index (χ1v) is 8.04. The summed E-state index contributed by atoms with van der Waals surface area (Å²) in [7, 11) is 0. The third-order valence-corrected chi connectivity index (χ3v) is 4.39. The van der Waals surface area contributed by atoms with Gasteiger partial charge in [-0.25, -0.2) is 4.98 Å². The van der Waals surface area contributed by atoms with E-state index >= 15 is 0 Å². The monoisotopic (exact) mass is 312 g/mol. The Kier molecular flexibility index (Phi) is 4.52. The number of nitrogens with zero attached hydrogens (tertiary/aromatic N) is 2. The van der Waals surface area contributed by atoms with E-state index in [0.29, 0.717) is 23.0 Å². The van der Waals surface area contributed by atoms with Crippen LogP contribution < -0.4 is 0 Å². The highest BCUT2D eigenvalue weighted by Gasteiger charge is 2.24. The van der Waals surface area contributed by atoms with Crippen molar-refractivity contribution in [2.24, 2.45) is 0 Å². The number of likely N-dealkylation sites (tertiary alicyclic amines) is 1. The van der Waals surface area contributed by atoms with Crippen molar-refractivity contribution in [2.45, 2.75) is 18.9 Å². The third kappa shape index (κ3) is 3.53. The minimum Gasteiger partial charge on any atom is -0.391 e. The Morgan fingerprint density at radius 3 is 2.91 bits per heavy atom. The fourth-order valence-electron chi connectivity index (χ4n) is 2.37. The maximum Gasteiger partial charge on any atom is 0.265 e. The van der Waals surface area contributed by atoms with Gasteiger partial charge in [-0.3, -0.25) is 4.79 Å². The first-order chi connectivity index (χ1) is 10.7. The van der Waals surface area contributed by atoms with E-state index < -0.39 is 6.10 Å². The molecule has 0 saturated carbocycles. The zero-order chi connectivity index (χ0) is 15.4. The number of hydrogen-bond acceptors (Lipinski definition) is 4. The molecule has 1 amide bonds. The summed E-state index contributed by atoms with van der Waals surface area (Å²) in [5.74, 6) is 5.95. The van der Waals surface area contributed by atoms with Crippen LogP contribution in [0.5, 0.6) is 0 Å². The van der Waals surface area contributed by atoms with E-state index in [0.717, 1.165) is 18.4 Å². The van der Waals surface area contributed by atoms with Crippen LogP contribution in [-0.2, 0) is 0 Å². The molecular weight excluding hydrogens is 296 g/mol. The van der Waals surface area contributed by atoms with Gasteiger partial charge in [-0.05, 0) is 30.9 Å². The van der Waals surface area contributed by atoms with Crippen molar-refractivity contribution in [3.63, 3.8) is 0 Å². The lowest BCUT2D eigenvalue weighted by molar-refractivity contribution is 0.0477. The van der Waals surface area contributed by atoms with Crippen LogP contribution in [0.25, 0.3) is 0 Å². The highest BCUT2D eigenvalue weighted by atomic mass is 32.1. The Balaban J connectivity index is 1.71. The molecule has 0 aliphatic carbocycles. The molecule has 1 saturated heterocycles. The fraction of sp³-hybridized carbons (Fsp3) is 0.294. The van der Waals surface area contributed by atoms with Gasteiger partial charge in [0.2, 0.25) is 0 Å². The van der Waals surface area contributed by atoms with Crippen molar-refractivity contribution in [2.75, 3.05) is 13.1 Å². The number of aromatic nitrogens is 1. The molecule has 1 aromatic heterocycles. The lowest BCUT2D eigenvalue weighted by Crippen LogP contribution is -2.41. The summed E-state index contributed by atoms with van der Waals surface area (Å²) in [5, 5.41) is 10.3. The van der Waals surface area contributed by atoms with Gasteiger partial charge in [0.1, 0.15) is 4.88 Å². The van der Waals surface area contributed by atoms with Gasteiger partial charge in [-0.2, -0.15) is 0 Å². The van der Waals surface area contributed by atoms with Crippen molar-refractivity contribution in [1.82, 2.24) is 9.88 Å². The molecule has 1 aliphatic heterocycles. The first-order valence-electron chi connectivity index (χ1n) is 7.22. The van der Waals surface area contributed by atoms with Crippen molar-refractivity contribution in [1.29, 1.82) is 0 Å². The molecular formula is C17H16N2O2S. The van der Waals surface area contributed by atoms with Crippen molar-refractivity contribution in [3.8, 4) is 11.8 Å². The molecule has 1 aromatic carbocycles. The molecule has 1 unspecified atom stereocenters. The molecule has 4 nitrogen and oxygen atoms in total. The van der Waals surface area contributed by atoms with Crippen LogP contribution in [-0.4, -0.2) is 40.1 Å². The molecule has 0 radical (unpaired) electrons. The van der Waals surface area contributed by atoms with E-state index in [2.05, 4.69) is 16.8 Å². The Morgan fingerprint density at radius 2 is 2.14 bits per heavy atom. The predicted molar refractivity (Wildman–Crippen MR) is 85.7 cm³/mol. The van der Waals surface area contributed by atoms with E-state index in [-0.39, 0.29) is 5.91 Å². The van der Waals surface area contributed by atoms with Crippen LogP contribution in [0.3, 0.4) is 0 Å². The lowest BCUT2D eigenvalue weighted by atomic mass is 10.1. The zero-order valence-corrected chi connectivity index (χ0v) is 12.8. The molecule has 1 N–H and O–H groups in total. The fourth-order valence-corrected chi connectivity index (χ4v) is 3.11. The summed E-state index contributed by atoms with van der Waals surface area (Å²) in [6, 6.07) is 9.67. The zero-order valence-electron chi connectivity index (χ0n) is 12.0. The predicted octanol–water partition coefficient (Wildman–Crippen LogP) is 2.14. The average Bonchev–Trinajstić information content (AvgIpc) is 3.02. The highest BCUT2D eigenvalue weighted by Crippen LogP contribution is 2.18. The Bertz CT molecular complexity index is 715. The van der Waals surface area contributed by atoms with E-state index in [1.54, 1.807) is 11.1 Å². The molecule has 22 heavy (non-hydrogen) atoms. The summed E-state index contributed by atoms with van der Waals surface area (Å²) < 4.78 is 0. The second-order valence-electron chi connectivity index (χ2n) is 5.19. The summed E-state index contributed by atoms with van der Waals surface area (Å²) in [5.41, 5.74) is 0.921. The van der Waals surface area contributed by atoms with Crippen LogP contribution in [0.1, 0.15) is 33.1 Å². The molecule has 1 aliphatic rings. The van der Waals surface area contributed by atoms with Crippen LogP contribution >= 0.6 is 11.3 Å². The minimum absolute atomic E-state index is 0.0657. The summed E-state index contributed by atoms with van der Waals surface area (Å²) >= 11 is 1.30. The van der Waals surface area contributed by atoms with E-state index in [4.69, 9.17) is 0 Å². The van der Waals surface area contributed by atoms with Crippen molar-refractivity contribution >= 4 is 17.2 Å². The number of rotatable bonds is 1. The lowest BCUT2D eigenvalue weighted by Gasteiger charge is -2.29. The molecule has 2 heterocycles. The van der Waals surface area contributed by atoms with Gasteiger partial charge in [0.15, 0.2) is 5.01 Å². The summed E-state index contributed by atoms with van der Waals surface area (Å²) in [6.07, 6.45) is 2.76. The quantitative estimate of drug-likeness (QED) is 0.821. The number of hydrogen-bond donors (Lipinski definition) is 1. The topological polar surface area (TPSA) is 53.4 Å². The molecule has 1 atom stereocenters. The smallest absolute Gasteiger partial charge is 0.265 e. The number of aliphatic hydroxyl groups is 1. The second-order valence-corrected chi connectivity index (χ2v) is 6.22. The van der Waals surface area contributed by atoms with E-state index in [9.17, 15) is 9.90 Å². The van der Waals surface area contributed by atoms with E-state index in [1.807, 2.05) is 30.3 Å². The van der Waals surface area contributed by atoms with Gasteiger partial charge in [-0.1, -0.05) is 24.1 Å². The number of benzene rings is 1. The normalized spacial score (nSPS) is 17.7. The summed E-state index contributed by atoms with van der Waals surface area (Å²) in [4.78, 5) is 18.8. The van der Waals surface area contributed by atoms with Crippen molar-refractivity contribution < 1.29 is 9.90 Å². The molecule has 1 fully saturated rings. The van der Waals surface area contributed by atoms with Gasteiger partial charge in [0.25, 0.3) is 5.91 Å². The number of aliphatic hydroxyl groups excluding tert-OH is 1. The summed E-state index contributed by atoms with van der Waals surface area (Å²) in [6.45, 7) is 1.10. The molecule has 0 spiro atoms. The molecule has 3 rings (SSSR count). The van der Waals surface area contributed by atoms with E-state index in [1.165, 1.54) is 11.3 Å². The van der Waals surface area contributed by atoms with Crippen LogP contribution in [0.4, 0.5) is 0 Å². The molecule has 2 aromatic rings. The third-order valence-electron chi connectivity index (χ3n) is 3.49. The van der Waals surface area contributed by atoms with Crippen LogP contribution in [0, 0.1) is 11.8 Å². The standard InChI is InChI=1S/C17H16N2O2S/c20-14-7-4-10-19(12-14)17(21)15-11-18-16(22-15)9-8-13-5-2-1-3-6-13/h1-3,5-6,11,14,20H,4,7,10,12H2. The first kappa shape index (κ1) is 14.8. The van der Waals surface area contributed by atoms with Crippen LogP contribution in [0.15, 0.2) is 36.5 Å². The number of carbonyl (C=O) groups excluding carboxylic acids is 1. The minimum atomic E-state index is -0.414. The second kappa shape index (κ2) is 6.73. The highest BCUT2D eigenvalue weighted by molar-refractivity contribution is 7.14. The van der Waals surface area contributed by atoms with Crippen LogP contribution in [0.2, 0.25) is 0 Å². The Hall–Kier alpha value is -2.16. The van der Waals surface area contributed by atoms with Gasteiger partial charge < -0.3 is 10.0 Å². The average molecular weight is 312 g/mol. The largest absolute Gasteiger partial charge is 0.391 e. The van der Waals surface area contributed by atoms with Gasteiger partial charge in [-0.15, -0.1) is 11.3 Å². The number of β-amino-alcohol motifs (C(OH)–C–C–N with tert-alkyl or cyclic N) is 1. The Labute approximate surface area is 133 Å². The number of carbonyl (C=O) groups is 1. The number of amides is 1. The molecule has 112 valence electrons. The van der Waals surface area contributed by atoms with Gasteiger partial charge in [0.05, 0.1) is 12.3 Å². The van der Waals surface area contributed by atoms with Gasteiger partial charge in [0, 0.05) is 18.7 Å². The maximum atomic E-state index is 12.4. The molecule has 5 heteroatoms. The number of thiazole rings is 1. The SMILES string of the molecule is O=C(c1cnc(C#Cc2ccccc2)s1)N1CCCC(O)C1. The van der Waals surface area contributed by atoms with Crippen molar-refractivity contribution in [3.05, 3.63) is 52.0 Å². The molecule has 0 bridgehead atoms. The maximum absolute atomic E-state index is 12.4. The number of piperidine rings is 1. The van der Waals surface area contributed by atoms with Gasteiger partial charge >= 0.3 is 0 Å².